The Labute approximate surface area is 193 Å². The van der Waals surface area contributed by atoms with E-state index in [9.17, 15) is 14.9 Å². The monoisotopic (exact) mass is 445 g/mol. The average Bonchev–Trinajstić information content (AvgIpc) is 2.85. The van der Waals surface area contributed by atoms with Gasteiger partial charge >= 0.3 is 6.03 Å². The number of para-hydroxylation sites is 1. The summed E-state index contributed by atoms with van der Waals surface area (Å²) >= 11 is 0. The average molecular weight is 446 g/mol. The second-order valence-electron chi connectivity index (χ2n) is 7.98. The van der Waals surface area contributed by atoms with Crippen LogP contribution in [0.25, 0.3) is 0 Å². The Balaban J connectivity index is 1.29. The second kappa shape index (κ2) is 10.6. The van der Waals surface area contributed by atoms with Crippen LogP contribution in [0.1, 0.15) is 11.1 Å². The lowest BCUT2D eigenvalue weighted by Gasteiger charge is -2.36. The third kappa shape index (κ3) is 6.08. The highest BCUT2D eigenvalue weighted by molar-refractivity contribution is 5.89. The largest absolute Gasteiger partial charge is 0.369 e. The van der Waals surface area contributed by atoms with Gasteiger partial charge in [0.15, 0.2) is 0 Å². The molecule has 33 heavy (non-hydrogen) atoms. The summed E-state index contributed by atoms with van der Waals surface area (Å²) in [5, 5.41) is 16.3. The van der Waals surface area contributed by atoms with E-state index < -0.39 is 4.92 Å². The number of carbonyl (C=O) groups is 1. The zero-order valence-corrected chi connectivity index (χ0v) is 18.3. The number of nitrogens with zero attached hydrogens (tertiary/aromatic N) is 3. The number of hydrogen-bond acceptors (Lipinski definition) is 5. The SMILES string of the molecule is O=C(NCc1ccccc1CN1CCN(c2ccccc2)CC1)Nc1ccc([N+](=O)[O-])cc1. The topological polar surface area (TPSA) is 90.8 Å². The van der Waals surface area contributed by atoms with E-state index >= 15 is 0 Å². The number of nitrogens with one attached hydrogen (secondary N) is 2. The number of carbonyl (C=O) groups excluding carboxylic acids is 1. The molecule has 3 aromatic carbocycles. The number of urea groups is 1. The van der Waals surface area contributed by atoms with Crippen LogP contribution in [0.3, 0.4) is 0 Å². The van der Waals surface area contributed by atoms with Crippen LogP contribution in [0, 0.1) is 10.1 Å². The molecule has 170 valence electrons. The Kier molecular flexibility index (Phi) is 7.16. The lowest BCUT2D eigenvalue weighted by molar-refractivity contribution is -0.384. The molecular weight excluding hydrogens is 418 g/mol. The number of nitro groups is 1. The summed E-state index contributed by atoms with van der Waals surface area (Å²) in [5.74, 6) is 0. The molecule has 0 aromatic heterocycles. The number of amides is 2. The van der Waals surface area contributed by atoms with Gasteiger partial charge in [-0.1, -0.05) is 42.5 Å². The fourth-order valence-electron chi connectivity index (χ4n) is 3.95. The Morgan fingerprint density at radius 1 is 0.848 bits per heavy atom. The fourth-order valence-corrected chi connectivity index (χ4v) is 3.95. The molecule has 0 atom stereocenters. The Bertz CT molecular complexity index is 1080. The molecule has 1 aliphatic heterocycles. The molecule has 8 heteroatoms. The lowest BCUT2D eigenvalue weighted by Crippen LogP contribution is -2.46. The first-order valence-electron chi connectivity index (χ1n) is 11.0. The molecule has 1 fully saturated rings. The van der Waals surface area contributed by atoms with Crippen LogP contribution in [0.2, 0.25) is 0 Å². The van der Waals surface area contributed by atoms with Gasteiger partial charge in [-0.15, -0.1) is 0 Å². The summed E-state index contributed by atoms with van der Waals surface area (Å²) < 4.78 is 0. The zero-order chi connectivity index (χ0) is 23.0. The Morgan fingerprint density at radius 2 is 1.48 bits per heavy atom. The predicted octanol–water partition coefficient (Wildman–Crippen LogP) is 4.24. The maximum absolute atomic E-state index is 12.3. The number of anilines is 2. The van der Waals surface area contributed by atoms with Crippen molar-refractivity contribution in [1.82, 2.24) is 10.2 Å². The summed E-state index contributed by atoms with van der Waals surface area (Å²) in [5.41, 5.74) is 4.02. The first-order chi connectivity index (χ1) is 16.1. The predicted molar refractivity (Wildman–Crippen MR) is 129 cm³/mol. The van der Waals surface area contributed by atoms with Crippen molar-refractivity contribution in [1.29, 1.82) is 0 Å². The standard InChI is InChI=1S/C25H27N5O3/c31-25(27-22-10-12-24(13-11-22)30(32)33)26-18-20-6-4-5-7-21(20)19-28-14-16-29(17-15-28)23-8-2-1-3-9-23/h1-13H,14-19H2,(H2,26,27,31). The van der Waals surface area contributed by atoms with Crippen molar-refractivity contribution in [3.05, 3.63) is 100 Å². The summed E-state index contributed by atoms with van der Waals surface area (Å²) in [4.78, 5) is 27.4. The van der Waals surface area contributed by atoms with E-state index in [1.54, 1.807) is 0 Å². The number of hydrogen-bond donors (Lipinski definition) is 2. The van der Waals surface area contributed by atoms with Gasteiger partial charge in [-0.3, -0.25) is 15.0 Å². The molecule has 1 aliphatic rings. The molecule has 1 saturated heterocycles. The Hall–Kier alpha value is -3.91. The van der Waals surface area contributed by atoms with Gasteiger partial charge in [-0.2, -0.15) is 0 Å². The van der Waals surface area contributed by atoms with Crippen molar-refractivity contribution in [3.8, 4) is 0 Å². The molecule has 1 heterocycles. The maximum Gasteiger partial charge on any atom is 0.319 e. The third-order valence-electron chi connectivity index (χ3n) is 5.78. The van der Waals surface area contributed by atoms with Gasteiger partial charge in [0, 0.05) is 62.8 Å². The van der Waals surface area contributed by atoms with Crippen molar-refractivity contribution >= 4 is 23.1 Å². The molecule has 0 radical (unpaired) electrons. The molecule has 0 bridgehead atoms. The quantitative estimate of drug-likeness (QED) is 0.419. The molecule has 0 aliphatic carbocycles. The maximum atomic E-state index is 12.3. The summed E-state index contributed by atoms with van der Waals surface area (Å²) in [6, 6.07) is 24.0. The van der Waals surface area contributed by atoms with Crippen LogP contribution in [-0.2, 0) is 13.1 Å². The van der Waals surface area contributed by atoms with Crippen LogP contribution in [0.4, 0.5) is 21.9 Å². The van der Waals surface area contributed by atoms with Crippen LogP contribution in [0.5, 0.6) is 0 Å². The number of rotatable bonds is 7. The highest BCUT2D eigenvalue weighted by Crippen LogP contribution is 2.19. The van der Waals surface area contributed by atoms with Crippen LogP contribution >= 0.6 is 0 Å². The number of benzene rings is 3. The van der Waals surface area contributed by atoms with Gasteiger partial charge in [0.1, 0.15) is 0 Å². The van der Waals surface area contributed by atoms with E-state index in [0.717, 1.165) is 38.3 Å². The van der Waals surface area contributed by atoms with Gasteiger partial charge in [0.25, 0.3) is 5.69 Å². The highest BCUT2D eigenvalue weighted by Gasteiger charge is 2.18. The van der Waals surface area contributed by atoms with Crippen LogP contribution < -0.4 is 15.5 Å². The molecule has 3 aromatic rings. The molecule has 0 spiro atoms. The normalized spacial score (nSPS) is 14.0. The molecule has 2 amide bonds. The molecule has 0 unspecified atom stereocenters. The second-order valence-corrected chi connectivity index (χ2v) is 7.98. The number of piperazine rings is 1. The van der Waals surface area contributed by atoms with E-state index in [-0.39, 0.29) is 11.7 Å². The molecule has 4 rings (SSSR count). The minimum atomic E-state index is -0.470. The number of nitro benzene ring substituents is 1. The van der Waals surface area contributed by atoms with E-state index in [2.05, 4.69) is 50.8 Å². The minimum absolute atomic E-state index is 0.0144. The summed E-state index contributed by atoms with van der Waals surface area (Å²) in [6.07, 6.45) is 0. The van der Waals surface area contributed by atoms with Gasteiger partial charge in [0.05, 0.1) is 4.92 Å². The van der Waals surface area contributed by atoms with Crippen molar-refractivity contribution in [2.45, 2.75) is 13.1 Å². The van der Waals surface area contributed by atoms with Gasteiger partial charge in [-0.05, 0) is 35.4 Å². The fraction of sp³-hybridized carbons (Fsp3) is 0.240. The lowest BCUT2D eigenvalue weighted by atomic mass is 10.1. The zero-order valence-electron chi connectivity index (χ0n) is 18.3. The van der Waals surface area contributed by atoms with Crippen molar-refractivity contribution < 1.29 is 9.72 Å². The first-order valence-corrected chi connectivity index (χ1v) is 11.0. The van der Waals surface area contributed by atoms with E-state index in [4.69, 9.17) is 0 Å². The number of non-ortho nitro benzene ring substituents is 1. The first kappa shape index (κ1) is 22.3. The molecular formula is C25H27N5O3. The minimum Gasteiger partial charge on any atom is -0.369 e. The van der Waals surface area contributed by atoms with Gasteiger partial charge in [0.2, 0.25) is 0 Å². The van der Waals surface area contributed by atoms with E-state index in [1.807, 2.05) is 24.3 Å². The van der Waals surface area contributed by atoms with Crippen molar-refractivity contribution in [2.75, 3.05) is 36.4 Å². The molecule has 2 N–H and O–H groups in total. The molecule has 0 saturated carbocycles. The van der Waals surface area contributed by atoms with Crippen molar-refractivity contribution in [2.24, 2.45) is 0 Å². The third-order valence-corrected chi connectivity index (χ3v) is 5.78. The Morgan fingerprint density at radius 3 is 2.15 bits per heavy atom. The van der Waals surface area contributed by atoms with Crippen LogP contribution in [0.15, 0.2) is 78.9 Å². The highest BCUT2D eigenvalue weighted by atomic mass is 16.6. The van der Waals surface area contributed by atoms with Gasteiger partial charge in [-0.25, -0.2) is 4.79 Å². The van der Waals surface area contributed by atoms with Crippen molar-refractivity contribution in [3.63, 3.8) is 0 Å². The summed E-state index contributed by atoms with van der Waals surface area (Å²) in [7, 11) is 0. The van der Waals surface area contributed by atoms with E-state index in [0.29, 0.717) is 12.2 Å². The van der Waals surface area contributed by atoms with Crippen LogP contribution in [-0.4, -0.2) is 42.0 Å². The smallest absolute Gasteiger partial charge is 0.319 e. The van der Waals surface area contributed by atoms with E-state index in [1.165, 1.54) is 35.5 Å². The molecule has 8 nitrogen and oxygen atoms in total. The van der Waals surface area contributed by atoms with Gasteiger partial charge < -0.3 is 15.5 Å². The summed E-state index contributed by atoms with van der Waals surface area (Å²) in [6.45, 7) is 5.18.